The number of hydrogen-bond donors (Lipinski definition) is 0. The molecule has 2 heterocycles. The van der Waals surface area contributed by atoms with Gasteiger partial charge >= 0.3 is 0 Å². The number of aromatic nitrogens is 2. The summed E-state index contributed by atoms with van der Waals surface area (Å²) in [5.41, 5.74) is 11.4. The Bertz CT molecular complexity index is 2770. The van der Waals surface area contributed by atoms with E-state index in [1.54, 1.807) is 0 Å². The lowest BCUT2D eigenvalue weighted by atomic mass is 9.91. The van der Waals surface area contributed by atoms with E-state index in [2.05, 4.69) is 158 Å². The fraction of sp³-hybridized carbons (Fsp3) is 0.0435. The molecule has 1 aliphatic rings. The van der Waals surface area contributed by atoms with Crippen LogP contribution in [0.2, 0.25) is 0 Å². The second-order valence-corrected chi connectivity index (χ2v) is 12.9. The molecule has 2 aromatic heterocycles. The molecule has 0 N–H and O–H groups in total. The molecular formula is C46H30N2O. The van der Waals surface area contributed by atoms with Gasteiger partial charge in [-0.05, 0) is 93.0 Å². The molecule has 10 rings (SSSR count). The van der Waals surface area contributed by atoms with E-state index in [0.717, 1.165) is 74.6 Å². The third kappa shape index (κ3) is 4.66. The normalized spacial score (nSPS) is 13.2. The minimum Gasteiger partial charge on any atom is -0.456 e. The van der Waals surface area contributed by atoms with Gasteiger partial charge in [0.2, 0.25) is 0 Å². The smallest absolute Gasteiger partial charge is 0.160 e. The number of allylic oxidation sites excluding steroid dienone is 4. The highest BCUT2D eigenvalue weighted by Gasteiger charge is 2.19. The molecule has 0 atom stereocenters. The molecule has 49 heavy (non-hydrogen) atoms. The van der Waals surface area contributed by atoms with Crippen LogP contribution < -0.4 is 0 Å². The van der Waals surface area contributed by atoms with E-state index in [4.69, 9.17) is 14.4 Å². The van der Waals surface area contributed by atoms with Crippen molar-refractivity contribution in [1.29, 1.82) is 0 Å². The standard InChI is InChI=1S/C46H30N2O/c1-3-12-29(13-4-1)31-16-9-18-33(24-31)40-28-41(48-46(47-40)30-14-5-2-6-15-30)34-19-10-17-32(25-34)35-26-39-37-21-8-7-20-36(37)38-22-11-23-42-44(38)45(39)43(27-35)49-42/h1,3-5,7-28H,2,6H2. The number of rotatable bonds is 5. The molecular weight excluding hydrogens is 597 g/mol. The van der Waals surface area contributed by atoms with Gasteiger partial charge in [-0.25, -0.2) is 9.97 Å². The summed E-state index contributed by atoms with van der Waals surface area (Å²) in [5.74, 6) is 0.750. The monoisotopic (exact) mass is 626 g/mol. The van der Waals surface area contributed by atoms with Crippen LogP contribution in [0.5, 0.6) is 0 Å². The average molecular weight is 627 g/mol. The van der Waals surface area contributed by atoms with Crippen LogP contribution >= 0.6 is 0 Å². The lowest BCUT2D eigenvalue weighted by molar-refractivity contribution is 0.669. The highest BCUT2D eigenvalue weighted by molar-refractivity contribution is 6.33. The highest BCUT2D eigenvalue weighted by atomic mass is 16.3. The summed E-state index contributed by atoms with van der Waals surface area (Å²) in [6.45, 7) is 0. The summed E-state index contributed by atoms with van der Waals surface area (Å²) in [4.78, 5) is 10.3. The van der Waals surface area contributed by atoms with E-state index in [1.165, 1.54) is 37.9 Å². The minimum atomic E-state index is 0.750. The maximum Gasteiger partial charge on any atom is 0.160 e. The van der Waals surface area contributed by atoms with Gasteiger partial charge in [-0.3, -0.25) is 0 Å². The van der Waals surface area contributed by atoms with Gasteiger partial charge in [-0.1, -0.05) is 121 Å². The molecule has 0 spiro atoms. The Morgan fingerprint density at radius 3 is 1.78 bits per heavy atom. The SMILES string of the molecule is C1=CC(c2nc(-c3cccc(-c4ccccc4)c3)cc(-c3cccc(-c4cc5oc6cccc7c8ccccc8c(c4)c5c67)c3)n2)=CCC1. The zero-order valence-corrected chi connectivity index (χ0v) is 26.7. The van der Waals surface area contributed by atoms with Crippen molar-refractivity contribution in [3.8, 4) is 44.8 Å². The quantitative estimate of drug-likeness (QED) is 0.178. The molecule has 7 aromatic carbocycles. The van der Waals surface area contributed by atoms with Crippen molar-refractivity contribution in [1.82, 2.24) is 9.97 Å². The fourth-order valence-corrected chi connectivity index (χ4v) is 7.50. The van der Waals surface area contributed by atoms with E-state index < -0.39 is 0 Å². The summed E-state index contributed by atoms with van der Waals surface area (Å²) < 4.78 is 6.52. The van der Waals surface area contributed by atoms with Crippen LogP contribution in [-0.2, 0) is 0 Å². The van der Waals surface area contributed by atoms with Crippen LogP contribution in [0.1, 0.15) is 18.7 Å². The molecule has 9 aromatic rings. The molecule has 1 aliphatic carbocycles. The van der Waals surface area contributed by atoms with Crippen LogP contribution in [0.15, 0.2) is 162 Å². The third-order valence-corrected chi connectivity index (χ3v) is 9.84. The van der Waals surface area contributed by atoms with Crippen molar-refractivity contribution < 1.29 is 4.42 Å². The third-order valence-electron chi connectivity index (χ3n) is 9.84. The molecule has 0 bridgehead atoms. The molecule has 0 saturated carbocycles. The van der Waals surface area contributed by atoms with E-state index in [-0.39, 0.29) is 0 Å². The maximum atomic E-state index is 6.52. The molecule has 0 fully saturated rings. The Labute approximate surface area is 283 Å². The summed E-state index contributed by atoms with van der Waals surface area (Å²) in [7, 11) is 0. The van der Waals surface area contributed by atoms with Gasteiger partial charge in [-0.15, -0.1) is 0 Å². The first-order valence-electron chi connectivity index (χ1n) is 16.9. The molecule has 3 heteroatoms. The highest BCUT2D eigenvalue weighted by Crippen LogP contribution is 2.44. The van der Waals surface area contributed by atoms with Gasteiger partial charge in [0.05, 0.1) is 11.4 Å². The Hall–Kier alpha value is -6.32. The average Bonchev–Trinajstić information content (AvgIpc) is 3.57. The molecule has 230 valence electrons. The zero-order valence-electron chi connectivity index (χ0n) is 26.7. The van der Waals surface area contributed by atoms with Crippen molar-refractivity contribution in [2.24, 2.45) is 0 Å². The predicted octanol–water partition coefficient (Wildman–Crippen LogP) is 12.5. The Balaban J connectivity index is 1.14. The maximum absolute atomic E-state index is 6.52. The van der Waals surface area contributed by atoms with Crippen LogP contribution in [0, 0.1) is 0 Å². The molecule has 0 aliphatic heterocycles. The van der Waals surface area contributed by atoms with E-state index in [9.17, 15) is 0 Å². The van der Waals surface area contributed by atoms with Crippen molar-refractivity contribution >= 4 is 49.1 Å². The summed E-state index contributed by atoms with van der Waals surface area (Å²) in [5, 5.41) is 7.34. The van der Waals surface area contributed by atoms with Crippen molar-refractivity contribution in [2.75, 3.05) is 0 Å². The number of nitrogens with zero attached hydrogens (tertiary/aromatic N) is 2. The number of benzene rings is 7. The number of fused-ring (bicyclic) bond motifs is 3. The van der Waals surface area contributed by atoms with Gasteiger partial charge in [-0.2, -0.15) is 0 Å². The van der Waals surface area contributed by atoms with E-state index in [0.29, 0.717) is 0 Å². The van der Waals surface area contributed by atoms with Gasteiger partial charge in [0.15, 0.2) is 5.82 Å². The first-order chi connectivity index (χ1) is 24.3. The minimum absolute atomic E-state index is 0.750. The zero-order chi connectivity index (χ0) is 32.3. The summed E-state index contributed by atoms with van der Waals surface area (Å²) >= 11 is 0. The summed E-state index contributed by atoms with van der Waals surface area (Å²) in [6, 6.07) is 49.6. The van der Waals surface area contributed by atoms with Gasteiger partial charge in [0, 0.05) is 27.5 Å². The van der Waals surface area contributed by atoms with Crippen molar-refractivity contribution in [3.05, 3.63) is 164 Å². The van der Waals surface area contributed by atoms with Gasteiger partial charge in [0.25, 0.3) is 0 Å². The Morgan fingerprint density at radius 1 is 0.429 bits per heavy atom. The summed E-state index contributed by atoms with van der Waals surface area (Å²) in [6.07, 6.45) is 8.65. The number of furan rings is 1. The van der Waals surface area contributed by atoms with Crippen LogP contribution in [-0.4, -0.2) is 9.97 Å². The molecule has 0 saturated heterocycles. The first kappa shape index (κ1) is 27.8. The Morgan fingerprint density at radius 2 is 1.04 bits per heavy atom. The number of hydrogen-bond acceptors (Lipinski definition) is 3. The molecule has 0 unspecified atom stereocenters. The second kappa shape index (κ2) is 11.1. The van der Waals surface area contributed by atoms with E-state index in [1.807, 2.05) is 0 Å². The molecule has 0 radical (unpaired) electrons. The predicted molar refractivity (Wildman–Crippen MR) is 204 cm³/mol. The lowest BCUT2D eigenvalue weighted by Gasteiger charge is -2.13. The first-order valence-corrected chi connectivity index (χ1v) is 16.9. The largest absolute Gasteiger partial charge is 0.456 e. The fourth-order valence-electron chi connectivity index (χ4n) is 7.50. The van der Waals surface area contributed by atoms with E-state index >= 15 is 0 Å². The molecule has 0 amide bonds. The van der Waals surface area contributed by atoms with Crippen molar-refractivity contribution in [2.45, 2.75) is 12.8 Å². The lowest BCUT2D eigenvalue weighted by Crippen LogP contribution is -2.00. The van der Waals surface area contributed by atoms with Gasteiger partial charge < -0.3 is 4.42 Å². The van der Waals surface area contributed by atoms with Crippen LogP contribution in [0.4, 0.5) is 0 Å². The molecule has 3 nitrogen and oxygen atoms in total. The van der Waals surface area contributed by atoms with Crippen LogP contribution in [0.25, 0.3) is 93.8 Å². The topological polar surface area (TPSA) is 38.9 Å². The van der Waals surface area contributed by atoms with Crippen molar-refractivity contribution in [3.63, 3.8) is 0 Å². The van der Waals surface area contributed by atoms with Crippen LogP contribution in [0.3, 0.4) is 0 Å². The van der Waals surface area contributed by atoms with Gasteiger partial charge in [0.1, 0.15) is 11.2 Å². The second-order valence-electron chi connectivity index (χ2n) is 12.9. The Kier molecular flexibility index (Phi) is 6.31.